The molecule has 0 aromatic heterocycles. The Labute approximate surface area is 228 Å². The predicted molar refractivity (Wildman–Crippen MR) is 153 cm³/mol. The van der Waals surface area contributed by atoms with Crippen LogP contribution >= 0.6 is 0 Å². The lowest BCUT2D eigenvalue weighted by atomic mass is 9.76. The number of phenols is 1. The molecule has 204 valence electrons. The molecule has 2 aromatic rings. The smallest absolute Gasteiger partial charge is 0.307 e. The molecule has 38 heavy (non-hydrogen) atoms. The second-order valence-corrected chi connectivity index (χ2v) is 11.4. The summed E-state index contributed by atoms with van der Waals surface area (Å²) >= 11 is 0. The predicted octanol–water partition coefficient (Wildman–Crippen LogP) is 7.60. The van der Waals surface area contributed by atoms with Crippen LogP contribution in [0, 0.1) is 17.8 Å². The summed E-state index contributed by atoms with van der Waals surface area (Å²) in [6.45, 7) is 0.218. The van der Waals surface area contributed by atoms with Crippen molar-refractivity contribution in [1.29, 1.82) is 0 Å². The Morgan fingerprint density at radius 1 is 0.868 bits per heavy atom. The highest BCUT2D eigenvalue weighted by Gasteiger charge is 2.24. The number of carboxylic acid groups (broad SMARTS) is 1. The Hall–Kier alpha value is -2.85. The number of aliphatic carboxylic acids is 1. The van der Waals surface area contributed by atoms with Gasteiger partial charge in [-0.25, -0.2) is 0 Å². The Balaban J connectivity index is 1.44. The maximum absolute atomic E-state index is 11.9. The van der Waals surface area contributed by atoms with Gasteiger partial charge in [0.05, 0.1) is 12.5 Å². The van der Waals surface area contributed by atoms with Crippen molar-refractivity contribution in [2.75, 3.05) is 6.61 Å². The van der Waals surface area contributed by atoms with Gasteiger partial charge in [-0.1, -0.05) is 80.3 Å². The number of aliphatic hydroxyl groups is 1. The molecule has 4 unspecified atom stereocenters. The molecular weight excluding hydrogens is 472 g/mol. The molecule has 0 aliphatic heterocycles. The van der Waals surface area contributed by atoms with Gasteiger partial charge in [-0.15, -0.1) is 0 Å². The number of benzene rings is 2. The molecule has 2 aliphatic carbocycles. The van der Waals surface area contributed by atoms with Crippen LogP contribution < -0.4 is 0 Å². The van der Waals surface area contributed by atoms with E-state index in [2.05, 4.69) is 48.6 Å². The van der Waals surface area contributed by atoms with Crippen LogP contribution in [0.25, 0.3) is 0 Å². The van der Waals surface area contributed by atoms with E-state index in [1.807, 2.05) is 6.07 Å². The minimum absolute atomic E-state index is 0.218. The van der Waals surface area contributed by atoms with Gasteiger partial charge in [-0.05, 0) is 104 Å². The van der Waals surface area contributed by atoms with Crippen LogP contribution in [0.3, 0.4) is 0 Å². The molecule has 0 amide bonds. The van der Waals surface area contributed by atoms with E-state index in [4.69, 9.17) is 0 Å². The average Bonchev–Trinajstić information content (AvgIpc) is 3.38. The summed E-state index contributed by atoms with van der Waals surface area (Å²) in [5.41, 5.74) is 4.82. The topological polar surface area (TPSA) is 77.8 Å². The first kappa shape index (κ1) is 28.2. The third kappa shape index (κ3) is 8.33. The molecule has 0 fully saturated rings. The minimum Gasteiger partial charge on any atom is -0.508 e. The highest BCUT2D eigenvalue weighted by atomic mass is 16.4. The highest BCUT2D eigenvalue weighted by molar-refractivity contribution is 5.70. The Bertz CT molecular complexity index is 1080. The molecule has 3 N–H and O–H groups in total. The van der Waals surface area contributed by atoms with Crippen LogP contribution in [0.1, 0.15) is 86.8 Å². The third-order valence-electron chi connectivity index (χ3n) is 8.61. The van der Waals surface area contributed by atoms with Gasteiger partial charge >= 0.3 is 5.97 Å². The zero-order valence-electron chi connectivity index (χ0n) is 22.6. The Morgan fingerprint density at radius 2 is 1.58 bits per heavy atom. The van der Waals surface area contributed by atoms with E-state index >= 15 is 0 Å². The highest BCUT2D eigenvalue weighted by Crippen LogP contribution is 2.36. The number of phenolic OH excluding ortho intramolecular Hbond substituents is 1. The number of allylic oxidation sites excluding steroid dienone is 3. The van der Waals surface area contributed by atoms with Crippen molar-refractivity contribution in [3.8, 4) is 5.75 Å². The van der Waals surface area contributed by atoms with E-state index in [0.29, 0.717) is 36.3 Å². The number of aromatic hydroxyl groups is 1. The van der Waals surface area contributed by atoms with Gasteiger partial charge in [0.25, 0.3) is 0 Å². The fourth-order valence-electron chi connectivity index (χ4n) is 6.38. The van der Waals surface area contributed by atoms with Crippen molar-refractivity contribution in [2.24, 2.45) is 17.8 Å². The molecule has 0 saturated heterocycles. The SMILES string of the molecule is O=C(O)C1CC=CCC(CCCCCCC2C=C(CO)CC2)C(c2ccc(O)cc2)Cc2cccc(c2)C1. The minimum atomic E-state index is -0.726. The molecule has 2 aliphatic rings. The van der Waals surface area contributed by atoms with E-state index in [1.165, 1.54) is 55.2 Å². The van der Waals surface area contributed by atoms with Crippen molar-refractivity contribution in [1.82, 2.24) is 0 Å². The van der Waals surface area contributed by atoms with Crippen LogP contribution in [-0.2, 0) is 17.6 Å². The molecular formula is C34H44O4. The quantitative estimate of drug-likeness (QED) is 0.224. The van der Waals surface area contributed by atoms with E-state index in [-0.39, 0.29) is 6.61 Å². The van der Waals surface area contributed by atoms with Crippen molar-refractivity contribution in [3.63, 3.8) is 0 Å². The molecule has 4 atom stereocenters. The Morgan fingerprint density at radius 3 is 2.29 bits per heavy atom. The molecule has 4 heteroatoms. The van der Waals surface area contributed by atoms with E-state index < -0.39 is 11.9 Å². The lowest BCUT2D eigenvalue weighted by Gasteiger charge is -2.28. The van der Waals surface area contributed by atoms with Gasteiger partial charge in [0.15, 0.2) is 0 Å². The van der Waals surface area contributed by atoms with Gasteiger partial charge in [-0.3, -0.25) is 4.79 Å². The summed E-state index contributed by atoms with van der Waals surface area (Å²) in [7, 11) is 0. The van der Waals surface area contributed by atoms with Crippen LogP contribution in [0.4, 0.5) is 0 Å². The molecule has 0 radical (unpaired) electrons. The van der Waals surface area contributed by atoms with Crippen molar-refractivity contribution < 1.29 is 20.1 Å². The first-order chi connectivity index (χ1) is 18.5. The number of carbonyl (C=O) groups is 1. The summed E-state index contributed by atoms with van der Waals surface area (Å²) in [5, 5.41) is 29.0. The largest absolute Gasteiger partial charge is 0.508 e. The number of fused-ring (bicyclic) bond motifs is 2. The lowest BCUT2D eigenvalue weighted by Crippen LogP contribution is -2.18. The number of carboxylic acids is 1. The molecule has 4 rings (SSSR count). The fraction of sp³-hybridized carbons (Fsp3) is 0.500. The summed E-state index contributed by atoms with van der Waals surface area (Å²) in [6.07, 6.45) is 19.1. The van der Waals surface area contributed by atoms with Gasteiger partial charge in [0, 0.05) is 0 Å². The number of unbranched alkanes of at least 4 members (excludes halogenated alkanes) is 3. The maximum Gasteiger partial charge on any atom is 0.307 e. The normalized spacial score (nSPS) is 23.9. The van der Waals surface area contributed by atoms with Crippen LogP contribution in [0.5, 0.6) is 5.75 Å². The molecule has 0 spiro atoms. The molecule has 0 heterocycles. The van der Waals surface area contributed by atoms with Crippen LogP contribution in [0.15, 0.2) is 72.3 Å². The molecule has 2 bridgehead atoms. The van der Waals surface area contributed by atoms with Gasteiger partial charge in [-0.2, -0.15) is 0 Å². The monoisotopic (exact) mass is 516 g/mol. The second-order valence-electron chi connectivity index (χ2n) is 11.4. The average molecular weight is 517 g/mol. The van der Waals surface area contributed by atoms with Crippen LogP contribution in [-0.4, -0.2) is 27.9 Å². The second kappa shape index (κ2) is 14.3. The standard InChI is InChI=1S/C34H44O4/c35-24-28-15-14-25(20-28)8-3-1-2-4-11-29-12-5-6-13-31(34(37)38)22-26-9-7-10-27(21-26)23-33(29)30-16-18-32(36)19-17-30/h5-7,9-10,16-21,25,29,31,33,35-36H,1-4,8,11-15,22-24H2,(H,37,38). The van der Waals surface area contributed by atoms with Gasteiger partial charge in [0.2, 0.25) is 0 Å². The number of aliphatic hydroxyl groups excluding tert-OH is 1. The summed E-state index contributed by atoms with van der Waals surface area (Å²) < 4.78 is 0. The van der Waals surface area contributed by atoms with Crippen molar-refractivity contribution in [3.05, 3.63) is 89.0 Å². The Kier molecular flexibility index (Phi) is 10.6. The molecule has 4 nitrogen and oxygen atoms in total. The zero-order valence-corrected chi connectivity index (χ0v) is 22.6. The summed E-state index contributed by atoms with van der Waals surface area (Å²) in [6, 6.07) is 16.2. The number of hydrogen-bond donors (Lipinski definition) is 3. The van der Waals surface area contributed by atoms with Gasteiger partial charge in [0.1, 0.15) is 5.75 Å². The van der Waals surface area contributed by atoms with Crippen molar-refractivity contribution >= 4 is 5.97 Å². The summed E-state index contributed by atoms with van der Waals surface area (Å²) in [4.78, 5) is 11.9. The van der Waals surface area contributed by atoms with E-state index in [1.54, 1.807) is 12.1 Å². The number of hydrogen-bond acceptors (Lipinski definition) is 3. The molecule has 2 aromatic carbocycles. The number of rotatable bonds is 10. The van der Waals surface area contributed by atoms with Crippen LogP contribution in [0.2, 0.25) is 0 Å². The zero-order chi connectivity index (χ0) is 26.7. The van der Waals surface area contributed by atoms with E-state index in [0.717, 1.165) is 31.2 Å². The van der Waals surface area contributed by atoms with Crippen molar-refractivity contribution in [2.45, 2.75) is 83.0 Å². The van der Waals surface area contributed by atoms with E-state index in [9.17, 15) is 20.1 Å². The molecule has 0 saturated carbocycles. The fourth-order valence-corrected chi connectivity index (χ4v) is 6.38. The third-order valence-corrected chi connectivity index (χ3v) is 8.61. The summed E-state index contributed by atoms with van der Waals surface area (Å²) in [5.74, 6) is 0.616. The van der Waals surface area contributed by atoms with Gasteiger partial charge < -0.3 is 15.3 Å². The first-order valence-electron chi connectivity index (χ1n) is 14.6. The lowest BCUT2D eigenvalue weighted by molar-refractivity contribution is -0.141. The maximum atomic E-state index is 11.9. The first-order valence-corrected chi connectivity index (χ1v) is 14.6.